The lowest BCUT2D eigenvalue weighted by Gasteiger charge is -2.08. The van der Waals surface area contributed by atoms with Gasteiger partial charge in [0.15, 0.2) is 0 Å². The number of hydrogen-bond acceptors (Lipinski definition) is 2. The second kappa shape index (κ2) is 5.59. The average molecular weight is 268 g/mol. The molecular weight excluding hydrogens is 258 g/mol. The van der Waals surface area contributed by atoms with E-state index in [0.29, 0.717) is 27.8 Å². The Morgan fingerprint density at radius 3 is 2.60 bits per heavy atom. The minimum atomic E-state index is -0.461. The molecule has 0 radical (unpaired) electrons. The molecule has 0 saturated heterocycles. The Morgan fingerprint density at radius 2 is 2.07 bits per heavy atom. The summed E-state index contributed by atoms with van der Waals surface area (Å²) >= 11 is 17.4. The minimum Gasteiger partial charge on any atom is -0.462 e. The first kappa shape index (κ1) is 12.6. The Bertz CT molecular complexity index is 377. The van der Waals surface area contributed by atoms with Crippen molar-refractivity contribution >= 4 is 40.8 Å². The SMILES string of the molecule is CCOC(=O)c1cc(Cl)cc(Cl)c1CCl. The van der Waals surface area contributed by atoms with Gasteiger partial charge in [-0.1, -0.05) is 23.2 Å². The van der Waals surface area contributed by atoms with Crippen LogP contribution >= 0.6 is 34.8 Å². The molecule has 1 rings (SSSR count). The van der Waals surface area contributed by atoms with E-state index in [2.05, 4.69) is 0 Å². The quantitative estimate of drug-likeness (QED) is 0.613. The highest BCUT2D eigenvalue weighted by atomic mass is 35.5. The summed E-state index contributed by atoms with van der Waals surface area (Å²) in [7, 11) is 0. The molecule has 0 spiro atoms. The molecule has 0 amide bonds. The maximum absolute atomic E-state index is 11.5. The standard InChI is InChI=1S/C10H9Cl3O2/c1-2-15-10(14)7-3-6(12)4-9(13)8(7)5-11/h3-4H,2,5H2,1H3. The molecule has 5 heteroatoms. The summed E-state index contributed by atoms with van der Waals surface area (Å²) in [5.41, 5.74) is 0.866. The van der Waals surface area contributed by atoms with Crippen molar-refractivity contribution in [3.8, 4) is 0 Å². The zero-order valence-electron chi connectivity index (χ0n) is 8.02. The summed E-state index contributed by atoms with van der Waals surface area (Å²) in [5.74, 6) is -0.318. The van der Waals surface area contributed by atoms with E-state index in [0.717, 1.165) is 0 Å². The van der Waals surface area contributed by atoms with E-state index in [9.17, 15) is 4.79 Å². The number of ether oxygens (including phenoxy) is 1. The minimum absolute atomic E-state index is 0.143. The van der Waals surface area contributed by atoms with Crippen LogP contribution < -0.4 is 0 Å². The fraction of sp³-hybridized carbons (Fsp3) is 0.300. The van der Waals surface area contributed by atoms with Crippen LogP contribution in [-0.4, -0.2) is 12.6 Å². The molecule has 0 aromatic heterocycles. The number of rotatable bonds is 3. The third-order valence-corrected chi connectivity index (χ3v) is 2.61. The number of alkyl halides is 1. The van der Waals surface area contributed by atoms with Gasteiger partial charge in [0, 0.05) is 21.5 Å². The highest BCUT2D eigenvalue weighted by Gasteiger charge is 2.15. The Morgan fingerprint density at radius 1 is 1.40 bits per heavy atom. The van der Waals surface area contributed by atoms with Crippen LogP contribution in [0.4, 0.5) is 0 Å². The third kappa shape index (κ3) is 3.00. The van der Waals surface area contributed by atoms with Gasteiger partial charge in [-0.3, -0.25) is 0 Å². The number of carbonyl (C=O) groups excluding carboxylic acids is 1. The summed E-state index contributed by atoms with van der Waals surface area (Å²) in [6.45, 7) is 2.02. The molecule has 0 aliphatic heterocycles. The zero-order chi connectivity index (χ0) is 11.4. The molecule has 0 N–H and O–H groups in total. The van der Waals surface area contributed by atoms with E-state index >= 15 is 0 Å². The van der Waals surface area contributed by atoms with Gasteiger partial charge >= 0.3 is 5.97 Å². The van der Waals surface area contributed by atoms with Crippen LogP contribution in [0.25, 0.3) is 0 Å². The Labute approximate surface area is 103 Å². The maximum Gasteiger partial charge on any atom is 0.338 e. The largest absolute Gasteiger partial charge is 0.462 e. The third-order valence-electron chi connectivity index (χ3n) is 1.79. The van der Waals surface area contributed by atoms with Gasteiger partial charge in [0.1, 0.15) is 0 Å². The fourth-order valence-electron chi connectivity index (χ4n) is 1.13. The smallest absolute Gasteiger partial charge is 0.338 e. The number of benzene rings is 1. The van der Waals surface area contributed by atoms with E-state index in [1.165, 1.54) is 6.07 Å². The van der Waals surface area contributed by atoms with E-state index < -0.39 is 5.97 Å². The van der Waals surface area contributed by atoms with Gasteiger partial charge < -0.3 is 4.74 Å². The van der Waals surface area contributed by atoms with Crippen molar-refractivity contribution in [1.29, 1.82) is 0 Å². The molecule has 0 saturated carbocycles. The van der Waals surface area contributed by atoms with Crippen molar-refractivity contribution in [3.63, 3.8) is 0 Å². The summed E-state index contributed by atoms with van der Waals surface area (Å²) in [6.07, 6.45) is 0. The lowest BCUT2D eigenvalue weighted by molar-refractivity contribution is 0.0525. The highest BCUT2D eigenvalue weighted by Crippen LogP contribution is 2.27. The van der Waals surface area contributed by atoms with E-state index in [4.69, 9.17) is 39.5 Å². The van der Waals surface area contributed by atoms with Gasteiger partial charge in [0.05, 0.1) is 12.2 Å². The van der Waals surface area contributed by atoms with E-state index in [1.807, 2.05) is 0 Å². The summed E-state index contributed by atoms with van der Waals surface area (Å²) in [5, 5.41) is 0.762. The maximum atomic E-state index is 11.5. The van der Waals surface area contributed by atoms with Crippen molar-refractivity contribution in [3.05, 3.63) is 33.3 Å². The molecule has 0 bridgehead atoms. The fourth-order valence-corrected chi connectivity index (χ4v) is 2.05. The molecule has 1 aromatic rings. The average Bonchev–Trinajstić information content (AvgIpc) is 2.17. The zero-order valence-corrected chi connectivity index (χ0v) is 10.3. The second-order valence-corrected chi connectivity index (χ2v) is 3.88. The van der Waals surface area contributed by atoms with Crippen LogP contribution in [0.3, 0.4) is 0 Å². The summed E-state index contributed by atoms with van der Waals surface area (Å²) in [6, 6.07) is 3.05. The molecule has 0 aliphatic carbocycles. The normalized spacial score (nSPS) is 10.1. The summed E-state index contributed by atoms with van der Waals surface area (Å²) in [4.78, 5) is 11.5. The Balaban J connectivity index is 3.20. The van der Waals surface area contributed by atoms with Crippen molar-refractivity contribution in [2.75, 3.05) is 6.61 Å². The van der Waals surface area contributed by atoms with Crippen LogP contribution in [0.2, 0.25) is 10.0 Å². The monoisotopic (exact) mass is 266 g/mol. The topological polar surface area (TPSA) is 26.3 Å². The van der Waals surface area contributed by atoms with Gasteiger partial charge in [-0.2, -0.15) is 0 Å². The number of hydrogen-bond donors (Lipinski definition) is 0. The molecule has 0 heterocycles. The lowest BCUT2D eigenvalue weighted by atomic mass is 10.1. The van der Waals surface area contributed by atoms with Gasteiger partial charge in [-0.25, -0.2) is 4.79 Å². The second-order valence-electron chi connectivity index (χ2n) is 2.77. The highest BCUT2D eigenvalue weighted by molar-refractivity contribution is 6.36. The number of carbonyl (C=O) groups is 1. The first-order valence-electron chi connectivity index (χ1n) is 4.31. The lowest BCUT2D eigenvalue weighted by Crippen LogP contribution is -2.08. The summed E-state index contributed by atoms with van der Waals surface area (Å²) < 4.78 is 4.87. The molecule has 0 fully saturated rings. The first-order chi connectivity index (χ1) is 7.10. The van der Waals surface area contributed by atoms with E-state index in [-0.39, 0.29) is 5.88 Å². The molecule has 15 heavy (non-hydrogen) atoms. The van der Waals surface area contributed by atoms with Crippen molar-refractivity contribution in [2.24, 2.45) is 0 Å². The van der Waals surface area contributed by atoms with Gasteiger partial charge in [0.25, 0.3) is 0 Å². The Hall–Kier alpha value is -0.440. The molecule has 0 aliphatic rings. The molecule has 0 atom stereocenters. The number of esters is 1. The molecule has 1 aromatic carbocycles. The molecule has 2 nitrogen and oxygen atoms in total. The van der Waals surface area contributed by atoms with Crippen LogP contribution in [0, 0.1) is 0 Å². The molecule has 82 valence electrons. The van der Waals surface area contributed by atoms with Gasteiger partial charge in [0.2, 0.25) is 0 Å². The van der Waals surface area contributed by atoms with E-state index in [1.54, 1.807) is 13.0 Å². The van der Waals surface area contributed by atoms with Crippen LogP contribution in [0.5, 0.6) is 0 Å². The van der Waals surface area contributed by atoms with Crippen molar-refractivity contribution in [1.82, 2.24) is 0 Å². The van der Waals surface area contributed by atoms with Gasteiger partial charge in [-0.05, 0) is 19.1 Å². The van der Waals surface area contributed by atoms with Crippen molar-refractivity contribution in [2.45, 2.75) is 12.8 Å². The number of halogens is 3. The van der Waals surface area contributed by atoms with Crippen molar-refractivity contribution < 1.29 is 9.53 Å². The van der Waals surface area contributed by atoms with Crippen LogP contribution in [0.1, 0.15) is 22.8 Å². The van der Waals surface area contributed by atoms with Crippen LogP contribution in [0.15, 0.2) is 12.1 Å². The molecular formula is C10H9Cl3O2. The van der Waals surface area contributed by atoms with Crippen LogP contribution in [-0.2, 0) is 10.6 Å². The molecule has 0 unspecified atom stereocenters. The van der Waals surface area contributed by atoms with Gasteiger partial charge in [-0.15, -0.1) is 11.6 Å². The predicted molar refractivity (Wildman–Crippen MR) is 62.0 cm³/mol. The first-order valence-corrected chi connectivity index (χ1v) is 5.60. The Kier molecular flexibility index (Phi) is 4.71. The predicted octanol–water partition coefficient (Wildman–Crippen LogP) is 3.91.